The van der Waals surface area contributed by atoms with Gasteiger partial charge in [-0.15, -0.1) is 0 Å². The third-order valence-corrected chi connectivity index (χ3v) is 5.28. The Hall–Kier alpha value is -1.62. The Bertz CT molecular complexity index is 637. The van der Waals surface area contributed by atoms with E-state index in [1.54, 1.807) is 6.07 Å². The van der Waals surface area contributed by atoms with Gasteiger partial charge in [0.2, 0.25) is 0 Å². The molecule has 1 aromatic rings. The summed E-state index contributed by atoms with van der Waals surface area (Å²) in [6.07, 6.45) is 6.06. The highest BCUT2D eigenvalue weighted by Crippen LogP contribution is 2.36. The first kappa shape index (κ1) is 15.3. The van der Waals surface area contributed by atoms with Crippen molar-refractivity contribution in [3.63, 3.8) is 0 Å². The zero-order valence-corrected chi connectivity index (χ0v) is 13.4. The van der Waals surface area contributed by atoms with Gasteiger partial charge in [-0.1, -0.05) is 6.92 Å². The summed E-state index contributed by atoms with van der Waals surface area (Å²) in [5, 5.41) is 6.72. The molecule has 1 amide bonds. The number of rotatable bonds is 3. The Balaban J connectivity index is 1.86. The van der Waals surface area contributed by atoms with Gasteiger partial charge >= 0.3 is 0 Å². The molecule has 2 aliphatic rings. The summed E-state index contributed by atoms with van der Waals surface area (Å²) in [7, 11) is 0. The Labute approximate surface area is 130 Å². The second kappa shape index (κ2) is 5.88. The molecule has 22 heavy (non-hydrogen) atoms. The van der Waals surface area contributed by atoms with Gasteiger partial charge in [0, 0.05) is 11.7 Å². The second-order valence-electron chi connectivity index (χ2n) is 6.64. The molecule has 0 radical (unpaired) electrons. The number of nitrogens with one attached hydrogen (secondary N) is 3. The van der Waals surface area contributed by atoms with Gasteiger partial charge in [-0.05, 0) is 63.6 Å². The fraction of sp³-hybridized carbons (Fsp3) is 0.647. The van der Waals surface area contributed by atoms with E-state index in [1.165, 1.54) is 0 Å². The SMILES string of the molecule is CCc1[nH]c(=O)c(C(=O)NC23CCCNC2CCC3)cc1C. The van der Waals surface area contributed by atoms with Gasteiger partial charge in [-0.25, -0.2) is 0 Å². The van der Waals surface area contributed by atoms with E-state index in [0.29, 0.717) is 6.04 Å². The van der Waals surface area contributed by atoms with Gasteiger partial charge in [0.15, 0.2) is 0 Å². The van der Waals surface area contributed by atoms with Crippen LogP contribution in [-0.2, 0) is 6.42 Å². The van der Waals surface area contributed by atoms with E-state index in [1.807, 2.05) is 13.8 Å². The van der Waals surface area contributed by atoms with E-state index >= 15 is 0 Å². The Kier molecular flexibility index (Phi) is 4.08. The molecule has 2 fully saturated rings. The van der Waals surface area contributed by atoms with Crippen LogP contribution in [0.2, 0.25) is 0 Å². The van der Waals surface area contributed by atoms with E-state index in [2.05, 4.69) is 15.6 Å². The largest absolute Gasteiger partial charge is 0.345 e. The Morgan fingerprint density at radius 3 is 2.95 bits per heavy atom. The molecule has 2 heterocycles. The Morgan fingerprint density at radius 2 is 2.18 bits per heavy atom. The summed E-state index contributed by atoms with van der Waals surface area (Å²) in [4.78, 5) is 27.7. The predicted molar refractivity (Wildman–Crippen MR) is 86.3 cm³/mol. The highest BCUT2D eigenvalue weighted by atomic mass is 16.2. The van der Waals surface area contributed by atoms with Crippen LogP contribution in [0.25, 0.3) is 0 Å². The van der Waals surface area contributed by atoms with Crippen molar-refractivity contribution in [2.24, 2.45) is 0 Å². The van der Waals surface area contributed by atoms with Crippen molar-refractivity contribution in [2.45, 2.75) is 64.0 Å². The molecule has 2 atom stereocenters. The maximum Gasteiger partial charge on any atom is 0.261 e. The molecule has 0 spiro atoms. The van der Waals surface area contributed by atoms with Crippen molar-refractivity contribution in [3.8, 4) is 0 Å². The van der Waals surface area contributed by atoms with E-state index in [4.69, 9.17) is 0 Å². The smallest absolute Gasteiger partial charge is 0.261 e. The number of amides is 1. The van der Waals surface area contributed by atoms with Crippen LogP contribution in [0.15, 0.2) is 10.9 Å². The van der Waals surface area contributed by atoms with E-state index < -0.39 is 0 Å². The first-order chi connectivity index (χ1) is 10.6. The second-order valence-corrected chi connectivity index (χ2v) is 6.64. The minimum Gasteiger partial charge on any atom is -0.345 e. The molecular weight excluding hydrogens is 278 g/mol. The zero-order chi connectivity index (χ0) is 15.7. The molecule has 0 bridgehead atoms. The van der Waals surface area contributed by atoms with Crippen LogP contribution in [0, 0.1) is 6.92 Å². The van der Waals surface area contributed by atoms with Crippen LogP contribution in [-0.4, -0.2) is 29.0 Å². The highest BCUT2D eigenvalue weighted by Gasteiger charge is 2.45. The topological polar surface area (TPSA) is 74.0 Å². The van der Waals surface area contributed by atoms with Crippen molar-refractivity contribution < 1.29 is 4.79 Å². The summed E-state index contributed by atoms with van der Waals surface area (Å²) in [5.74, 6) is -0.234. The number of carbonyl (C=O) groups excluding carboxylic acids is 1. The first-order valence-corrected chi connectivity index (χ1v) is 8.34. The zero-order valence-electron chi connectivity index (χ0n) is 13.4. The fourth-order valence-electron chi connectivity index (χ4n) is 4.06. The molecule has 1 saturated heterocycles. The van der Waals surface area contributed by atoms with Crippen LogP contribution in [0.1, 0.15) is 60.6 Å². The van der Waals surface area contributed by atoms with Crippen LogP contribution >= 0.6 is 0 Å². The minimum absolute atomic E-state index is 0.168. The molecule has 3 rings (SSSR count). The predicted octanol–water partition coefficient (Wildman–Crippen LogP) is 1.65. The van der Waals surface area contributed by atoms with Crippen LogP contribution in [0.3, 0.4) is 0 Å². The third-order valence-electron chi connectivity index (χ3n) is 5.28. The lowest BCUT2D eigenvalue weighted by Gasteiger charge is -2.40. The first-order valence-electron chi connectivity index (χ1n) is 8.34. The van der Waals surface area contributed by atoms with Gasteiger partial charge in [0.05, 0.1) is 5.54 Å². The average molecular weight is 303 g/mol. The van der Waals surface area contributed by atoms with Crippen molar-refractivity contribution in [1.29, 1.82) is 0 Å². The molecule has 0 aromatic carbocycles. The molecule has 1 aliphatic heterocycles. The molecule has 2 unspecified atom stereocenters. The molecule has 3 N–H and O–H groups in total. The molecule has 1 saturated carbocycles. The van der Waals surface area contributed by atoms with Gasteiger partial charge < -0.3 is 15.6 Å². The summed E-state index contributed by atoms with van der Waals surface area (Å²) in [6, 6.07) is 2.07. The van der Waals surface area contributed by atoms with Crippen molar-refractivity contribution in [3.05, 3.63) is 33.2 Å². The number of aromatic amines is 1. The van der Waals surface area contributed by atoms with E-state index in [-0.39, 0.29) is 22.6 Å². The lowest BCUT2D eigenvalue weighted by atomic mass is 9.84. The van der Waals surface area contributed by atoms with Crippen LogP contribution in [0.5, 0.6) is 0 Å². The normalized spacial score (nSPS) is 27.5. The number of H-pyrrole nitrogens is 1. The molecule has 120 valence electrons. The molecule has 5 heteroatoms. The number of fused-ring (bicyclic) bond motifs is 1. The quantitative estimate of drug-likeness (QED) is 0.795. The van der Waals surface area contributed by atoms with Crippen molar-refractivity contribution in [1.82, 2.24) is 15.6 Å². The molecule has 1 aromatic heterocycles. The number of carbonyl (C=O) groups is 1. The van der Waals surface area contributed by atoms with Crippen molar-refractivity contribution in [2.75, 3.05) is 6.54 Å². The standard InChI is InChI=1S/C17H25N3O2/c1-3-13-11(2)10-12(15(21)19-13)16(22)20-17-7-4-6-14(17)18-9-5-8-17/h10,14,18H,3-9H2,1-2H3,(H,19,21)(H,20,22). The highest BCUT2D eigenvalue weighted by molar-refractivity contribution is 5.94. The average Bonchev–Trinajstić information content (AvgIpc) is 2.92. The lowest BCUT2D eigenvalue weighted by Crippen LogP contribution is -2.61. The number of aryl methyl sites for hydroxylation is 2. The third kappa shape index (κ3) is 2.58. The number of piperidine rings is 1. The number of hydrogen-bond donors (Lipinski definition) is 3. The van der Waals surface area contributed by atoms with Gasteiger partial charge in [0.25, 0.3) is 11.5 Å². The van der Waals surface area contributed by atoms with Gasteiger partial charge in [-0.2, -0.15) is 0 Å². The molecular formula is C17H25N3O2. The maximum atomic E-state index is 12.7. The van der Waals surface area contributed by atoms with Gasteiger partial charge in [0.1, 0.15) is 5.56 Å². The number of aromatic nitrogens is 1. The summed E-state index contributed by atoms with van der Waals surface area (Å²) in [5.41, 5.74) is 1.65. The van der Waals surface area contributed by atoms with Crippen LogP contribution in [0.4, 0.5) is 0 Å². The summed E-state index contributed by atoms with van der Waals surface area (Å²) < 4.78 is 0. The maximum absolute atomic E-state index is 12.7. The fourth-order valence-corrected chi connectivity index (χ4v) is 4.06. The van der Waals surface area contributed by atoms with E-state index in [0.717, 1.165) is 56.3 Å². The van der Waals surface area contributed by atoms with Gasteiger partial charge in [-0.3, -0.25) is 9.59 Å². The monoisotopic (exact) mass is 303 g/mol. The summed E-state index contributed by atoms with van der Waals surface area (Å²) >= 11 is 0. The lowest BCUT2D eigenvalue weighted by molar-refractivity contribution is 0.0855. The molecule has 1 aliphatic carbocycles. The van der Waals surface area contributed by atoms with E-state index in [9.17, 15) is 9.59 Å². The van der Waals surface area contributed by atoms with Crippen molar-refractivity contribution >= 4 is 5.91 Å². The van der Waals surface area contributed by atoms with Crippen LogP contribution < -0.4 is 16.2 Å². The summed E-state index contributed by atoms with van der Waals surface area (Å²) in [6.45, 7) is 4.95. The Morgan fingerprint density at radius 1 is 1.41 bits per heavy atom. The number of pyridine rings is 1. The minimum atomic E-state index is -0.283. The number of hydrogen-bond acceptors (Lipinski definition) is 3. The molecule has 5 nitrogen and oxygen atoms in total.